The standard InChI is InChI=1S/C36H40F6O/c1-2-3-4-5-23-6-8-24(9-7-23)25-10-12-26(13-11-25)28-16-19-31(32(37)20-28)27-14-17-29(18-15-27)36(41,42)43-30-21-33(38)35(40)34(39)22-30/h14-26H,2-13H2,1H3. The van der Waals surface area contributed by atoms with Crippen molar-refractivity contribution < 1.29 is 31.1 Å². The molecule has 2 fully saturated rings. The van der Waals surface area contributed by atoms with Crippen molar-refractivity contribution in [1.29, 1.82) is 0 Å². The smallest absolute Gasteiger partial charge is 0.426 e. The highest BCUT2D eigenvalue weighted by atomic mass is 19.3. The molecule has 5 rings (SSSR count). The Morgan fingerprint density at radius 1 is 0.698 bits per heavy atom. The van der Waals surface area contributed by atoms with E-state index in [4.69, 9.17) is 0 Å². The van der Waals surface area contributed by atoms with Crippen molar-refractivity contribution in [2.24, 2.45) is 17.8 Å². The van der Waals surface area contributed by atoms with Crippen molar-refractivity contribution in [3.8, 4) is 16.9 Å². The van der Waals surface area contributed by atoms with Gasteiger partial charge in [-0.1, -0.05) is 69.7 Å². The summed E-state index contributed by atoms with van der Waals surface area (Å²) >= 11 is 0. The molecule has 43 heavy (non-hydrogen) atoms. The van der Waals surface area contributed by atoms with E-state index in [1.165, 1.54) is 76.3 Å². The van der Waals surface area contributed by atoms with E-state index in [0.29, 0.717) is 29.2 Å². The lowest BCUT2D eigenvalue weighted by Gasteiger charge is -2.38. The highest BCUT2D eigenvalue weighted by Crippen LogP contribution is 2.45. The lowest BCUT2D eigenvalue weighted by Crippen LogP contribution is -2.25. The Kier molecular flexibility index (Phi) is 10.1. The average molecular weight is 603 g/mol. The highest BCUT2D eigenvalue weighted by molar-refractivity contribution is 5.65. The summed E-state index contributed by atoms with van der Waals surface area (Å²) in [4.78, 5) is 0. The van der Waals surface area contributed by atoms with E-state index in [-0.39, 0.29) is 0 Å². The number of rotatable bonds is 10. The fourth-order valence-electron chi connectivity index (χ4n) is 7.22. The maximum absolute atomic E-state index is 15.3. The zero-order valence-electron chi connectivity index (χ0n) is 24.7. The first kappa shape index (κ1) is 31.5. The normalized spacial score (nSPS) is 22.9. The minimum absolute atomic E-state index is 0.298. The van der Waals surface area contributed by atoms with Gasteiger partial charge in [0.2, 0.25) is 0 Å². The highest BCUT2D eigenvalue weighted by Gasteiger charge is 2.35. The van der Waals surface area contributed by atoms with E-state index in [1.54, 1.807) is 12.1 Å². The first-order chi connectivity index (χ1) is 20.6. The molecule has 0 atom stereocenters. The Morgan fingerprint density at radius 3 is 1.88 bits per heavy atom. The topological polar surface area (TPSA) is 9.23 Å². The lowest BCUT2D eigenvalue weighted by atomic mass is 9.68. The Bertz CT molecular complexity index is 1330. The van der Waals surface area contributed by atoms with Crippen LogP contribution in [0.1, 0.15) is 101 Å². The molecule has 0 unspecified atom stereocenters. The quantitative estimate of drug-likeness (QED) is 0.127. The second kappa shape index (κ2) is 13.8. The molecular weight excluding hydrogens is 562 g/mol. The minimum Gasteiger partial charge on any atom is -0.429 e. The van der Waals surface area contributed by atoms with Crippen LogP contribution in [0, 0.1) is 41.0 Å². The molecular formula is C36H40F6O. The van der Waals surface area contributed by atoms with Gasteiger partial charge in [-0.05, 0) is 91.5 Å². The Hall–Kier alpha value is -2.96. The van der Waals surface area contributed by atoms with Gasteiger partial charge in [0, 0.05) is 17.7 Å². The monoisotopic (exact) mass is 602 g/mol. The fourth-order valence-corrected chi connectivity index (χ4v) is 7.22. The summed E-state index contributed by atoms with van der Waals surface area (Å²) in [7, 11) is 0. The van der Waals surface area contributed by atoms with E-state index in [2.05, 4.69) is 11.7 Å². The van der Waals surface area contributed by atoms with Crippen LogP contribution in [0.4, 0.5) is 26.3 Å². The summed E-state index contributed by atoms with van der Waals surface area (Å²) < 4.78 is 89.0. The zero-order valence-corrected chi connectivity index (χ0v) is 24.7. The summed E-state index contributed by atoms with van der Waals surface area (Å²) in [5.74, 6) is -3.46. The van der Waals surface area contributed by atoms with Crippen LogP contribution >= 0.6 is 0 Å². The van der Waals surface area contributed by atoms with Crippen LogP contribution in [0.3, 0.4) is 0 Å². The predicted octanol–water partition coefficient (Wildman–Crippen LogP) is 11.7. The Balaban J connectivity index is 1.16. The number of ether oxygens (including phenoxy) is 1. The SMILES string of the molecule is CCCCCC1CCC(C2CCC(c3ccc(-c4ccc(C(F)(F)Oc5cc(F)c(F)c(F)c5)cc4)c(F)c3)CC2)CC1. The predicted molar refractivity (Wildman–Crippen MR) is 157 cm³/mol. The zero-order chi connectivity index (χ0) is 30.6. The molecule has 0 saturated heterocycles. The first-order valence-electron chi connectivity index (χ1n) is 15.8. The van der Waals surface area contributed by atoms with Gasteiger partial charge in [0.15, 0.2) is 17.5 Å². The summed E-state index contributed by atoms with van der Waals surface area (Å²) in [6, 6.07) is 10.7. The van der Waals surface area contributed by atoms with Crippen molar-refractivity contribution in [3.05, 3.63) is 89.0 Å². The summed E-state index contributed by atoms with van der Waals surface area (Å²) in [6.45, 7) is 2.26. The van der Waals surface area contributed by atoms with Crippen LogP contribution in [-0.4, -0.2) is 0 Å². The molecule has 0 aromatic heterocycles. The molecule has 2 aliphatic carbocycles. The Labute approximate surface area is 250 Å². The molecule has 2 aliphatic rings. The van der Waals surface area contributed by atoms with Crippen LogP contribution in [-0.2, 0) is 6.11 Å². The van der Waals surface area contributed by atoms with Gasteiger partial charge in [-0.2, -0.15) is 8.78 Å². The number of unbranched alkanes of at least 4 members (excludes halogenated alkanes) is 2. The molecule has 232 valence electrons. The molecule has 0 aliphatic heterocycles. The maximum Gasteiger partial charge on any atom is 0.426 e. The van der Waals surface area contributed by atoms with E-state index < -0.39 is 40.7 Å². The summed E-state index contributed by atoms with van der Waals surface area (Å²) in [6.07, 6.45) is 11.4. The van der Waals surface area contributed by atoms with Crippen LogP contribution in [0.25, 0.3) is 11.1 Å². The van der Waals surface area contributed by atoms with E-state index in [0.717, 1.165) is 48.3 Å². The molecule has 0 heterocycles. The number of hydrogen-bond acceptors (Lipinski definition) is 1. The van der Waals surface area contributed by atoms with E-state index >= 15 is 4.39 Å². The molecule has 0 spiro atoms. The summed E-state index contributed by atoms with van der Waals surface area (Å²) in [5, 5.41) is 0. The van der Waals surface area contributed by atoms with Gasteiger partial charge < -0.3 is 4.74 Å². The third kappa shape index (κ3) is 7.58. The van der Waals surface area contributed by atoms with Crippen LogP contribution in [0.15, 0.2) is 54.6 Å². The van der Waals surface area contributed by atoms with Crippen molar-refractivity contribution in [2.45, 2.75) is 96.0 Å². The van der Waals surface area contributed by atoms with Crippen molar-refractivity contribution >= 4 is 0 Å². The second-order valence-electron chi connectivity index (χ2n) is 12.5. The molecule has 0 bridgehead atoms. The first-order valence-corrected chi connectivity index (χ1v) is 15.8. The molecule has 0 amide bonds. The molecule has 3 aromatic rings. The number of halogens is 6. The fraction of sp³-hybridized carbons (Fsp3) is 0.500. The number of benzene rings is 3. The Morgan fingerprint density at radius 2 is 1.30 bits per heavy atom. The molecule has 2 saturated carbocycles. The van der Waals surface area contributed by atoms with Crippen LogP contribution < -0.4 is 4.74 Å². The molecule has 0 radical (unpaired) electrons. The molecule has 3 aromatic carbocycles. The molecule has 7 heteroatoms. The van der Waals surface area contributed by atoms with E-state index in [9.17, 15) is 22.0 Å². The van der Waals surface area contributed by atoms with Gasteiger partial charge in [-0.25, -0.2) is 17.6 Å². The van der Waals surface area contributed by atoms with E-state index in [1.807, 2.05) is 6.07 Å². The van der Waals surface area contributed by atoms with Gasteiger partial charge in [0.25, 0.3) is 0 Å². The van der Waals surface area contributed by atoms with Gasteiger partial charge >= 0.3 is 6.11 Å². The van der Waals surface area contributed by atoms with Crippen LogP contribution in [0.2, 0.25) is 0 Å². The van der Waals surface area contributed by atoms with Crippen LogP contribution in [0.5, 0.6) is 5.75 Å². The van der Waals surface area contributed by atoms with Gasteiger partial charge in [-0.3, -0.25) is 0 Å². The molecule has 1 nitrogen and oxygen atoms in total. The third-order valence-corrected chi connectivity index (χ3v) is 9.75. The van der Waals surface area contributed by atoms with Gasteiger partial charge in [-0.15, -0.1) is 0 Å². The van der Waals surface area contributed by atoms with Crippen molar-refractivity contribution in [2.75, 3.05) is 0 Å². The van der Waals surface area contributed by atoms with Gasteiger partial charge in [0.05, 0.1) is 5.56 Å². The second-order valence-corrected chi connectivity index (χ2v) is 12.5. The maximum atomic E-state index is 15.3. The third-order valence-electron chi connectivity index (χ3n) is 9.75. The minimum atomic E-state index is -3.95. The largest absolute Gasteiger partial charge is 0.429 e. The van der Waals surface area contributed by atoms with Crippen molar-refractivity contribution in [1.82, 2.24) is 0 Å². The van der Waals surface area contributed by atoms with Gasteiger partial charge in [0.1, 0.15) is 11.6 Å². The molecule has 0 N–H and O–H groups in total. The average Bonchev–Trinajstić information content (AvgIpc) is 3.00. The summed E-state index contributed by atoms with van der Waals surface area (Å²) in [5.41, 5.74) is 1.10. The lowest BCUT2D eigenvalue weighted by molar-refractivity contribution is -0.185. The number of hydrogen-bond donors (Lipinski definition) is 0. The number of alkyl halides is 2. The van der Waals surface area contributed by atoms with Crippen molar-refractivity contribution in [3.63, 3.8) is 0 Å².